The Morgan fingerprint density at radius 2 is 2.15 bits per heavy atom. The highest BCUT2D eigenvalue weighted by molar-refractivity contribution is 7.89. The molecule has 0 unspecified atom stereocenters. The first kappa shape index (κ1) is 15.0. The van der Waals surface area contributed by atoms with Crippen molar-refractivity contribution in [1.29, 1.82) is 0 Å². The Balaban J connectivity index is 2.02. The van der Waals surface area contributed by atoms with Crippen LogP contribution in [0.5, 0.6) is 0 Å². The van der Waals surface area contributed by atoms with Crippen LogP contribution in [0.3, 0.4) is 0 Å². The van der Waals surface area contributed by atoms with Gasteiger partial charge in [-0.3, -0.25) is 4.79 Å². The van der Waals surface area contributed by atoms with Crippen LogP contribution in [0.2, 0.25) is 0 Å². The predicted octanol–water partition coefficient (Wildman–Crippen LogP) is 0.617. The van der Waals surface area contributed by atoms with Gasteiger partial charge in [0, 0.05) is 11.1 Å². The van der Waals surface area contributed by atoms with E-state index in [9.17, 15) is 13.2 Å². The number of furan rings is 1. The first-order valence-electron chi connectivity index (χ1n) is 5.97. The average molecular weight is 317 g/mol. The molecule has 20 heavy (non-hydrogen) atoms. The standard InChI is InChI=1S/C11H15N3O4S2/c1-2-12-6-9-3-4-10(18-9)20(16,17)13-5-8-7-19-11(15)14-8/h3-4,7,12-13H,2,5-6H2,1H3,(H,14,15). The molecule has 7 nitrogen and oxygen atoms in total. The van der Waals surface area contributed by atoms with Crippen molar-refractivity contribution >= 4 is 21.4 Å². The second-order valence-corrected chi connectivity index (χ2v) is 6.54. The van der Waals surface area contributed by atoms with Crippen molar-refractivity contribution in [2.45, 2.75) is 25.1 Å². The predicted molar refractivity (Wildman–Crippen MR) is 75.1 cm³/mol. The molecule has 0 aliphatic rings. The quantitative estimate of drug-likeness (QED) is 0.694. The second-order valence-electron chi connectivity index (χ2n) is 4.00. The molecule has 2 aromatic heterocycles. The zero-order chi connectivity index (χ0) is 14.6. The van der Waals surface area contributed by atoms with Gasteiger partial charge in [-0.1, -0.05) is 18.3 Å². The molecule has 110 valence electrons. The smallest absolute Gasteiger partial charge is 0.304 e. The lowest BCUT2D eigenvalue weighted by Gasteiger charge is -2.02. The Hall–Kier alpha value is -1.42. The van der Waals surface area contributed by atoms with Gasteiger partial charge in [-0.2, -0.15) is 0 Å². The van der Waals surface area contributed by atoms with Crippen molar-refractivity contribution in [3.8, 4) is 0 Å². The minimum Gasteiger partial charge on any atom is -0.447 e. The minimum absolute atomic E-state index is 0.0182. The van der Waals surface area contributed by atoms with Crippen molar-refractivity contribution in [3.63, 3.8) is 0 Å². The maximum absolute atomic E-state index is 12.0. The van der Waals surface area contributed by atoms with Crippen LogP contribution in [-0.4, -0.2) is 19.9 Å². The summed E-state index contributed by atoms with van der Waals surface area (Å²) < 4.78 is 31.6. The molecule has 0 saturated carbocycles. The fraction of sp³-hybridized carbons (Fsp3) is 0.364. The molecule has 0 aromatic carbocycles. The van der Waals surface area contributed by atoms with Gasteiger partial charge >= 0.3 is 4.87 Å². The summed E-state index contributed by atoms with van der Waals surface area (Å²) in [6, 6.07) is 3.02. The maximum Gasteiger partial charge on any atom is 0.304 e. The number of rotatable bonds is 7. The number of aromatic amines is 1. The highest BCUT2D eigenvalue weighted by Gasteiger charge is 2.18. The average Bonchev–Trinajstić information content (AvgIpc) is 3.03. The highest BCUT2D eigenvalue weighted by atomic mass is 32.2. The molecule has 0 aliphatic carbocycles. The molecule has 0 radical (unpaired) electrons. The fourth-order valence-electron chi connectivity index (χ4n) is 1.49. The first-order valence-corrected chi connectivity index (χ1v) is 8.33. The Kier molecular flexibility index (Phi) is 4.76. The van der Waals surface area contributed by atoms with Gasteiger partial charge < -0.3 is 14.7 Å². The lowest BCUT2D eigenvalue weighted by Crippen LogP contribution is -2.23. The molecule has 0 amide bonds. The third kappa shape index (κ3) is 3.79. The van der Waals surface area contributed by atoms with Gasteiger partial charge in [-0.15, -0.1) is 0 Å². The van der Waals surface area contributed by atoms with Gasteiger partial charge in [0.05, 0.1) is 13.1 Å². The van der Waals surface area contributed by atoms with Crippen molar-refractivity contribution in [2.75, 3.05) is 6.54 Å². The van der Waals surface area contributed by atoms with Gasteiger partial charge in [0.15, 0.2) is 0 Å². The summed E-state index contributed by atoms with van der Waals surface area (Å²) in [5.41, 5.74) is 0.517. The molecule has 2 rings (SSSR count). The van der Waals surface area contributed by atoms with Gasteiger partial charge in [0.1, 0.15) is 5.76 Å². The Morgan fingerprint density at radius 3 is 2.80 bits per heavy atom. The topological polar surface area (TPSA) is 104 Å². The monoisotopic (exact) mass is 317 g/mol. The van der Waals surface area contributed by atoms with Crippen molar-refractivity contribution in [2.24, 2.45) is 0 Å². The van der Waals surface area contributed by atoms with Crippen LogP contribution in [0.25, 0.3) is 0 Å². The SMILES string of the molecule is CCNCc1ccc(S(=O)(=O)NCc2csc(=O)[nH]2)o1. The van der Waals surface area contributed by atoms with Crippen LogP contribution in [0, 0.1) is 0 Å². The number of hydrogen-bond donors (Lipinski definition) is 3. The zero-order valence-electron chi connectivity index (χ0n) is 10.8. The van der Waals surface area contributed by atoms with E-state index >= 15 is 0 Å². The first-order chi connectivity index (χ1) is 9.51. The molecule has 9 heteroatoms. The van der Waals surface area contributed by atoms with Crippen molar-refractivity contribution in [1.82, 2.24) is 15.0 Å². The summed E-state index contributed by atoms with van der Waals surface area (Å²) in [6.45, 7) is 3.21. The molecular weight excluding hydrogens is 302 g/mol. The zero-order valence-corrected chi connectivity index (χ0v) is 12.4. The molecule has 0 aliphatic heterocycles. The van der Waals surface area contributed by atoms with Gasteiger partial charge in [-0.05, 0) is 18.7 Å². The minimum atomic E-state index is -3.72. The van der Waals surface area contributed by atoms with E-state index in [1.165, 1.54) is 6.07 Å². The molecular formula is C11H15N3O4S2. The van der Waals surface area contributed by atoms with Crippen LogP contribution >= 0.6 is 11.3 Å². The molecule has 0 atom stereocenters. The summed E-state index contributed by atoms with van der Waals surface area (Å²) in [5.74, 6) is 0.552. The van der Waals surface area contributed by atoms with E-state index in [1.54, 1.807) is 11.4 Å². The summed E-state index contributed by atoms with van der Waals surface area (Å²) in [7, 11) is -3.72. The summed E-state index contributed by atoms with van der Waals surface area (Å²) >= 11 is 0.986. The lowest BCUT2D eigenvalue weighted by atomic mass is 10.4. The summed E-state index contributed by atoms with van der Waals surface area (Å²) in [4.78, 5) is 13.3. The number of aromatic nitrogens is 1. The molecule has 2 aromatic rings. The Bertz CT molecular complexity index is 714. The summed E-state index contributed by atoms with van der Waals surface area (Å²) in [6.07, 6.45) is 0. The number of nitrogens with one attached hydrogen (secondary N) is 3. The lowest BCUT2D eigenvalue weighted by molar-refractivity contribution is 0.401. The third-order valence-corrected chi connectivity index (χ3v) is 4.47. The molecule has 3 N–H and O–H groups in total. The van der Waals surface area contributed by atoms with E-state index in [2.05, 4.69) is 15.0 Å². The normalized spacial score (nSPS) is 11.8. The maximum atomic E-state index is 12.0. The molecule has 0 fully saturated rings. The van der Waals surface area contributed by atoms with E-state index in [-0.39, 0.29) is 16.5 Å². The Labute approximate surface area is 120 Å². The van der Waals surface area contributed by atoms with Crippen LogP contribution in [-0.2, 0) is 23.1 Å². The Morgan fingerprint density at radius 1 is 1.35 bits per heavy atom. The number of sulfonamides is 1. The van der Waals surface area contributed by atoms with E-state index in [1.807, 2.05) is 6.92 Å². The van der Waals surface area contributed by atoms with E-state index < -0.39 is 10.0 Å². The van der Waals surface area contributed by atoms with E-state index in [0.717, 1.165) is 17.9 Å². The highest BCUT2D eigenvalue weighted by Crippen LogP contribution is 2.14. The number of thiazole rings is 1. The molecule has 2 heterocycles. The van der Waals surface area contributed by atoms with Crippen LogP contribution in [0.15, 0.2) is 31.8 Å². The van der Waals surface area contributed by atoms with E-state index in [4.69, 9.17) is 4.42 Å². The van der Waals surface area contributed by atoms with Gasteiger partial charge in [0.25, 0.3) is 10.0 Å². The second kappa shape index (κ2) is 6.35. The van der Waals surface area contributed by atoms with Crippen LogP contribution < -0.4 is 14.9 Å². The van der Waals surface area contributed by atoms with E-state index in [0.29, 0.717) is 18.0 Å². The van der Waals surface area contributed by atoms with Gasteiger partial charge in [0.2, 0.25) is 5.09 Å². The number of H-pyrrole nitrogens is 1. The van der Waals surface area contributed by atoms with Crippen molar-refractivity contribution < 1.29 is 12.8 Å². The molecule has 0 spiro atoms. The molecule has 0 bridgehead atoms. The number of hydrogen-bond acceptors (Lipinski definition) is 6. The molecule has 0 saturated heterocycles. The third-order valence-electron chi connectivity index (χ3n) is 2.47. The fourth-order valence-corrected chi connectivity index (χ4v) is 3.02. The van der Waals surface area contributed by atoms with Crippen molar-refractivity contribution in [3.05, 3.63) is 38.6 Å². The largest absolute Gasteiger partial charge is 0.447 e. The summed E-state index contributed by atoms with van der Waals surface area (Å²) in [5, 5.41) is 4.48. The van der Waals surface area contributed by atoms with Gasteiger partial charge in [-0.25, -0.2) is 13.1 Å². The van der Waals surface area contributed by atoms with Crippen LogP contribution in [0.4, 0.5) is 0 Å². The van der Waals surface area contributed by atoms with Crippen LogP contribution in [0.1, 0.15) is 18.4 Å².